The van der Waals surface area contributed by atoms with Gasteiger partial charge in [0.25, 0.3) is 5.91 Å². The highest BCUT2D eigenvalue weighted by molar-refractivity contribution is 5.96. The first-order chi connectivity index (χ1) is 10.8. The van der Waals surface area contributed by atoms with E-state index >= 15 is 0 Å². The van der Waals surface area contributed by atoms with E-state index in [4.69, 9.17) is 9.47 Å². The molecule has 1 aromatic rings. The summed E-state index contributed by atoms with van der Waals surface area (Å²) < 4.78 is 10.4. The maximum atomic E-state index is 12.3. The molecule has 5 heteroatoms. The quantitative estimate of drug-likeness (QED) is 0.862. The lowest BCUT2D eigenvalue weighted by Gasteiger charge is -2.34. The molecule has 1 aliphatic carbocycles. The number of methoxy groups -OCH3 is 2. The first-order valence-corrected chi connectivity index (χ1v) is 7.92. The Kier molecular flexibility index (Phi) is 5.29. The van der Waals surface area contributed by atoms with Crippen molar-refractivity contribution in [2.24, 2.45) is 16.4 Å². The number of carbonyl (C=O) groups is 1. The molecule has 1 N–H and O–H groups in total. The van der Waals surface area contributed by atoms with E-state index in [1.54, 1.807) is 32.4 Å². The molecule has 2 rings (SSSR count). The van der Waals surface area contributed by atoms with Crippen LogP contribution in [0, 0.1) is 11.3 Å². The van der Waals surface area contributed by atoms with Gasteiger partial charge in [0.2, 0.25) is 0 Å². The summed E-state index contributed by atoms with van der Waals surface area (Å²) in [4.78, 5) is 12.3. The van der Waals surface area contributed by atoms with Gasteiger partial charge in [-0.25, -0.2) is 5.43 Å². The number of ether oxygens (including phenoxy) is 2. The van der Waals surface area contributed by atoms with Gasteiger partial charge in [0.05, 0.1) is 14.2 Å². The number of benzene rings is 1. The molecule has 0 heterocycles. The third-order valence-corrected chi connectivity index (χ3v) is 4.10. The molecule has 1 amide bonds. The molecule has 0 bridgehead atoms. The lowest BCUT2D eigenvalue weighted by molar-refractivity contribution is 0.0953. The number of carbonyl (C=O) groups excluding carboxylic acids is 1. The number of nitrogens with zero attached hydrogens (tertiary/aromatic N) is 1. The normalized spacial score (nSPS) is 21.8. The summed E-state index contributed by atoms with van der Waals surface area (Å²) in [6, 6.07) is 5.07. The summed E-state index contributed by atoms with van der Waals surface area (Å²) in [6.07, 6.45) is 3.04. The Bertz CT molecular complexity index is 586. The Morgan fingerprint density at radius 2 is 1.83 bits per heavy atom. The van der Waals surface area contributed by atoms with E-state index in [0.717, 1.165) is 18.6 Å². The van der Waals surface area contributed by atoms with Crippen molar-refractivity contribution in [3.8, 4) is 11.5 Å². The second kappa shape index (κ2) is 7.02. The van der Waals surface area contributed by atoms with Crippen molar-refractivity contribution in [3.63, 3.8) is 0 Å². The van der Waals surface area contributed by atoms with Gasteiger partial charge in [-0.3, -0.25) is 4.79 Å². The van der Waals surface area contributed by atoms with E-state index < -0.39 is 0 Å². The van der Waals surface area contributed by atoms with Gasteiger partial charge in [-0.05, 0) is 42.7 Å². The van der Waals surface area contributed by atoms with Gasteiger partial charge < -0.3 is 9.47 Å². The minimum Gasteiger partial charge on any atom is -0.497 e. The predicted molar refractivity (Wildman–Crippen MR) is 91.2 cm³/mol. The minimum absolute atomic E-state index is 0.237. The second-order valence-electron chi connectivity index (χ2n) is 7.07. The first kappa shape index (κ1) is 17.3. The molecule has 0 saturated heterocycles. The molecule has 0 spiro atoms. The molecule has 1 fully saturated rings. The van der Waals surface area contributed by atoms with Crippen LogP contribution >= 0.6 is 0 Å². The highest BCUT2D eigenvalue weighted by Gasteiger charge is 2.29. The third kappa shape index (κ3) is 4.71. The number of hydrogen-bond acceptors (Lipinski definition) is 4. The highest BCUT2D eigenvalue weighted by atomic mass is 16.5. The molecule has 0 aromatic heterocycles. The fourth-order valence-corrected chi connectivity index (χ4v) is 3.33. The summed E-state index contributed by atoms with van der Waals surface area (Å²) in [5.74, 6) is 1.49. The second-order valence-corrected chi connectivity index (χ2v) is 7.07. The van der Waals surface area contributed by atoms with Gasteiger partial charge >= 0.3 is 0 Å². The zero-order valence-corrected chi connectivity index (χ0v) is 14.6. The maximum absolute atomic E-state index is 12.3. The van der Waals surface area contributed by atoms with E-state index in [-0.39, 0.29) is 11.3 Å². The summed E-state index contributed by atoms with van der Waals surface area (Å²) in [5, 5.41) is 4.35. The Hall–Kier alpha value is -2.04. The van der Waals surface area contributed by atoms with Crippen molar-refractivity contribution in [2.45, 2.75) is 40.0 Å². The molecule has 0 radical (unpaired) electrons. The molecule has 0 aliphatic heterocycles. The lowest BCUT2D eigenvalue weighted by atomic mass is 9.72. The van der Waals surface area contributed by atoms with Crippen LogP contribution < -0.4 is 14.9 Å². The largest absolute Gasteiger partial charge is 0.497 e. The standard InChI is InChI=1S/C18H26N2O3/c1-12-6-14(11-18(2,3)10-12)19-20-17(21)13-7-15(22-4)9-16(8-13)23-5/h7-9,12H,6,10-11H2,1-5H3,(H,20,21)/b19-14-/t12-/m0/s1. The van der Waals surface area contributed by atoms with Crippen molar-refractivity contribution in [2.75, 3.05) is 14.2 Å². The smallest absolute Gasteiger partial charge is 0.271 e. The van der Waals surface area contributed by atoms with Crippen LogP contribution in [0.4, 0.5) is 0 Å². The molecule has 5 nitrogen and oxygen atoms in total. The fourth-order valence-electron chi connectivity index (χ4n) is 3.33. The molecule has 0 unspecified atom stereocenters. The Morgan fingerprint density at radius 3 is 2.35 bits per heavy atom. The van der Waals surface area contributed by atoms with E-state index in [2.05, 4.69) is 31.3 Å². The zero-order chi connectivity index (χ0) is 17.0. The molecular weight excluding hydrogens is 292 g/mol. The van der Waals surface area contributed by atoms with Crippen LogP contribution in [-0.2, 0) is 0 Å². The van der Waals surface area contributed by atoms with Crippen LogP contribution in [0.15, 0.2) is 23.3 Å². The Morgan fingerprint density at radius 1 is 1.22 bits per heavy atom. The average Bonchev–Trinajstić information content (AvgIpc) is 2.50. The van der Waals surface area contributed by atoms with Crippen LogP contribution in [-0.4, -0.2) is 25.8 Å². The van der Waals surface area contributed by atoms with Crippen LogP contribution in [0.1, 0.15) is 50.4 Å². The molecule has 1 atom stereocenters. The van der Waals surface area contributed by atoms with Gasteiger partial charge in [0, 0.05) is 17.3 Å². The van der Waals surface area contributed by atoms with Crippen molar-refractivity contribution in [3.05, 3.63) is 23.8 Å². The molecule has 126 valence electrons. The maximum Gasteiger partial charge on any atom is 0.271 e. The van der Waals surface area contributed by atoms with Crippen molar-refractivity contribution in [1.82, 2.24) is 5.43 Å². The van der Waals surface area contributed by atoms with Gasteiger partial charge in [-0.2, -0.15) is 5.10 Å². The first-order valence-electron chi connectivity index (χ1n) is 7.92. The van der Waals surface area contributed by atoms with Crippen LogP contribution in [0.3, 0.4) is 0 Å². The van der Waals surface area contributed by atoms with Gasteiger partial charge in [-0.15, -0.1) is 0 Å². The van der Waals surface area contributed by atoms with Gasteiger partial charge in [0.15, 0.2) is 0 Å². The average molecular weight is 318 g/mol. The van der Waals surface area contributed by atoms with E-state index in [1.807, 2.05) is 0 Å². The number of amides is 1. The summed E-state index contributed by atoms with van der Waals surface area (Å²) in [6.45, 7) is 6.71. The Balaban J connectivity index is 2.11. The number of rotatable bonds is 4. The minimum atomic E-state index is -0.259. The molecule has 23 heavy (non-hydrogen) atoms. The SMILES string of the molecule is COc1cc(OC)cc(C(=O)N/N=C2/C[C@H](C)CC(C)(C)C2)c1. The van der Waals surface area contributed by atoms with Crippen molar-refractivity contribution in [1.29, 1.82) is 0 Å². The van der Waals surface area contributed by atoms with Crippen LogP contribution in [0.2, 0.25) is 0 Å². The summed E-state index contributed by atoms with van der Waals surface area (Å²) in [5.41, 5.74) is 4.42. The summed E-state index contributed by atoms with van der Waals surface area (Å²) in [7, 11) is 3.12. The van der Waals surface area contributed by atoms with E-state index in [0.29, 0.717) is 23.0 Å². The molecule has 1 saturated carbocycles. The monoisotopic (exact) mass is 318 g/mol. The van der Waals surface area contributed by atoms with Crippen LogP contribution in [0.25, 0.3) is 0 Å². The fraction of sp³-hybridized carbons (Fsp3) is 0.556. The van der Waals surface area contributed by atoms with Crippen LogP contribution in [0.5, 0.6) is 11.5 Å². The van der Waals surface area contributed by atoms with Gasteiger partial charge in [-0.1, -0.05) is 20.8 Å². The number of nitrogens with one attached hydrogen (secondary N) is 1. The van der Waals surface area contributed by atoms with E-state index in [1.165, 1.54) is 6.42 Å². The van der Waals surface area contributed by atoms with Crippen molar-refractivity contribution >= 4 is 11.6 Å². The molecule has 1 aliphatic rings. The van der Waals surface area contributed by atoms with Gasteiger partial charge in [0.1, 0.15) is 11.5 Å². The van der Waals surface area contributed by atoms with Crippen molar-refractivity contribution < 1.29 is 14.3 Å². The summed E-state index contributed by atoms with van der Waals surface area (Å²) >= 11 is 0. The predicted octanol–water partition coefficient (Wildman–Crippen LogP) is 3.64. The topological polar surface area (TPSA) is 59.9 Å². The molecule has 1 aromatic carbocycles. The number of hydrogen-bond donors (Lipinski definition) is 1. The third-order valence-electron chi connectivity index (χ3n) is 4.10. The highest BCUT2D eigenvalue weighted by Crippen LogP contribution is 2.36. The number of hydrazone groups is 1. The Labute approximate surface area is 138 Å². The van der Waals surface area contributed by atoms with E-state index in [9.17, 15) is 4.79 Å². The lowest BCUT2D eigenvalue weighted by Crippen LogP contribution is -2.30. The molecular formula is C18H26N2O3. The zero-order valence-electron chi connectivity index (χ0n) is 14.6.